The molecular formula is C15H15Cl2NO2S. The summed E-state index contributed by atoms with van der Waals surface area (Å²) in [4.78, 5) is 0. The molecule has 0 heterocycles. The fourth-order valence-electron chi connectivity index (χ4n) is 1.91. The average molecular weight is 344 g/mol. The SMILES string of the molecule is Cc1ccccc1CNS(=O)(=O)Cc1c(Cl)cccc1Cl. The van der Waals surface area contributed by atoms with Crippen LogP contribution in [0.15, 0.2) is 42.5 Å². The maximum atomic E-state index is 12.2. The molecule has 0 amide bonds. The molecule has 21 heavy (non-hydrogen) atoms. The van der Waals surface area contributed by atoms with Gasteiger partial charge in [-0.2, -0.15) is 0 Å². The molecule has 6 heteroatoms. The molecule has 2 aromatic rings. The lowest BCUT2D eigenvalue weighted by Crippen LogP contribution is -2.25. The molecule has 0 saturated carbocycles. The van der Waals surface area contributed by atoms with Gasteiger partial charge >= 0.3 is 0 Å². The van der Waals surface area contributed by atoms with E-state index in [-0.39, 0.29) is 12.3 Å². The highest BCUT2D eigenvalue weighted by Gasteiger charge is 2.16. The number of hydrogen-bond acceptors (Lipinski definition) is 2. The van der Waals surface area contributed by atoms with Gasteiger partial charge in [0, 0.05) is 22.2 Å². The van der Waals surface area contributed by atoms with Gasteiger partial charge in [-0.1, -0.05) is 53.5 Å². The monoisotopic (exact) mass is 343 g/mol. The van der Waals surface area contributed by atoms with Crippen molar-refractivity contribution >= 4 is 33.2 Å². The van der Waals surface area contributed by atoms with E-state index in [4.69, 9.17) is 23.2 Å². The van der Waals surface area contributed by atoms with Crippen molar-refractivity contribution in [2.24, 2.45) is 0 Å². The third kappa shape index (κ3) is 4.45. The lowest BCUT2D eigenvalue weighted by molar-refractivity contribution is 0.580. The van der Waals surface area contributed by atoms with Gasteiger partial charge in [0.25, 0.3) is 0 Å². The minimum atomic E-state index is -3.51. The highest BCUT2D eigenvalue weighted by molar-refractivity contribution is 7.88. The van der Waals surface area contributed by atoms with Crippen molar-refractivity contribution < 1.29 is 8.42 Å². The Morgan fingerprint density at radius 2 is 1.62 bits per heavy atom. The number of aryl methyl sites for hydroxylation is 1. The quantitative estimate of drug-likeness (QED) is 0.894. The molecule has 0 atom stereocenters. The van der Waals surface area contributed by atoms with E-state index in [0.29, 0.717) is 15.6 Å². The van der Waals surface area contributed by atoms with Crippen molar-refractivity contribution in [3.63, 3.8) is 0 Å². The predicted molar refractivity (Wildman–Crippen MR) is 87.1 cm³/mol. The van der Waals surface area contributed by atoms with Gasteiger partial charge in [-0.3, -0.25) is 0 Å². The number of benzene rings is 2. The smallest absolute Gasteiger partial charge is 0.212 e. The molecule has 3 nitrogen and oxygen atoms in total. The van der Waals surface area contributed by atoms with Gasteiger partial charge in [0.1, 0.15) is 0 Å². The molecule has 0 aliphatic carbocycles. The number of hydrogen-bond donors (Lipinski definition) is 1. The molecule has 2 aromatic carbocycles. The van der Waals surface area contributed by atoms with E-state index in [0.717, 1.165) is 11.1 Å². The Kier molecular flexibility index (Phi) is 5.27. The predicted octanol–water partition coefficient (Wildman–Crippen LogP) is 3.92. The van der Waals surface area contributed by atoms with Crippen LogP contribution in [-0.2, 0) is 22.3 Å². The Hall–Kier alpha value is -1.07. The second kappa shape index (κ2) is 6.79. The van der Waals surface area contributed by atoms with Gasteiger partial charge < -0.3 is 0 Å². The van der Waals surface area contributed by atoms with Crippen LogP contribution >= 0.6 is 23.2 Å². The summed E-state index contributed by atoms with van der Waals surface area (Å²) in [6, 6.07) is 12.5. The lowest BCUT2D eigenvalue weighted by atomic mass is 10.1. The van der Waals surface area contributed by atoms with E-state index in [1.54, 1.807) is 18.2 Å². The Morgan fingerprint density at radius 3 is 2.24 bits per heavy atom. The van der Waals surface area contributed by atoms with Crippen LogP contribution in [0.25, 0.3) is 0 Å². The maximum absolute atomic E-state index is 12.2. The van der Waals surface area contributed by atoms with Crippen LogP contribution in [0, 0.1) is 6.92 Å². The summed E-state index contributed by atoms with van der Waals surface area (Å²) in [6.45, 7) is 2.19. The van der Waals surface area contributed by atoms with E-state index in [1.807, 2.05) is 31.2 Å². The molecular weight excluding hydrogens is 329 g/mol. The molecule has 2 rings (SSSR count). The normalized spacial score (nSPS) is 11.6. The Morgan fingerprint density at radius 1 is 1.00 bits per heavy atom. The summed E-state index contributed by atoms with van der Waals surface area (Å²) in [6.07, 6.45) is 0. The number of halogens is 2. The first-order valence-electron chi connectivity index (χ1n) is 6.34. The van der Waals surface area contributed by atoms with Gasteiger partial charge in [-0.25, -0.2) is 13.1 Å². The molecule has 0 bridgehead atoms. The zero-order chi connectivity index (χ0) is 15.5. The zero-order valence-corrected chi connectivity index (χ0v) is 13.8. The lowest BCUT2D eigenvalue weighted by Gasteiger charge is -2.10. The summed E-state index contributed by atoms with van der Waals surface area (Å²) in [5.74, 6) is -0.239. The third-order valence-electron chi connectivity index (χ3n) is 3.14. The first kappa shape index (κ1) is 16.3. The first-order valence-corrected chi connectivity index (χ1v) is 8.74. The fraction of sp³-hybridized carbons (Fsp3) is 0.200. The minimum Gasteiger partial charge on any atom is -0.212 e. The van der Waals surface area contributed by atoms with Crippen LogP contribution in [-0.4, -0.2) is 8.42 Å². The molecule has 0 aliphatic rings. The van der Waals surface area contributed by atoms with Gasteiger partial charge in [-0.05, 0) is 30.2 Å². The van der Waals surface area contributed by atoms with Crippen molar-refractivity contribution in [1.82, 2.24) is 4.72 Å². The molecule has 0 aromatic heterocycles. The summed E-state index contributed by atoms with van der Waals surface area (Å²) in [5, 5.41) is 0.701. The average Bonchev–Trinajstić information content (AvgIpc) is 2.42. The first-order chi connectivity index (χ1) is 9.89. The van der Waals surface area contributed by atoms with Crippen LogP contribution in [0.5, 0.6) is 0 Å². The standard InChI is InChI=1S/C15H15Cl2NO2S/c1-11-5-2-3-6-12(11)9-18-21(19,20)10-13-14(16)7-4-8-15(13)17/h2-8,18H,9-10H2,1H3. The van der Waals surface area contributed by atoms with Gasteiger partial charge in [0.2, 0.25) is 10.0 Å². The zero-order valence-electron chi connectivity index (χ0n) is 11.4. The van der Waals surface area contributed by atoms with Crippen LogP contribution in [0.4, 0.5) is 0 Å². The van der Waals surface area contributed by atoms with Crippen molar-refractivity contribution in [2.75, 3.05) is 0 Å². The van der Waals surface area contributed by atoms with Crippen LogP contribution < -0.4 is 4.72 Å². The summed E-state index contributed by atoms with van der Waals surface area (Å²) >= 11 is 12.0. The number of nitrogens with one attached hydrogen (secondary N) is 1. The van der Waals surface area contributed by atoms with E-state index in [1.165, 1.54) is 0 Å². The summed E-state index contributed by atoms with van der Waals surface area (Å²) in [5.41, 5.74) is 2.39. The van der Waals surface area contributed by atoms with Crippen molar-refractivity contribution in [3.8, 4) is 0 Å². The van der Waals surface area contributed by atoms with Crippen LogP contribution in [0.3, 0.4) is 0 Å². The molecule has 0 spiro atoms. The fourth-order valence-corrected chi connectivity index (χ4v) is 3.77. The Labute approximate surface area is 135 Å². The van der Waals surface area contributed by atoms with Gasteiger partial charge in [0.15, 0.2) is 0 Å². The topological polar surface area (TPSA) is 46.2 Å². The highest BCUT2D eigenvalue weighted by Crippen LogP contribution is 2.26. The van der Waals surface area contributed by atoms with Gasteiger partial charge in [-0.15, -0.1) is 0 Å². The largest absolute Gasteiger partial charge is 0.216 e. The second-order valence-corrected chi connectivity index (χ2v) is 7.33. The Bertz CT molecular complexity index is 725. The van der Waals surface area contributed by atoms with E-state index in [2.05, 4.69) is 4.72 Å². The van der Waals surface area contributed by atoms with Crippen molar-refractivity contribution in [1.29, 1.82) is 0 Å². The Balaban J connectivity index is 2.11. The molecule has 1 N–H and O–H groups in total. The second-order valence-electron chi connectivity index (χ2n) is 4.71. The van der Waals surface area contributed by atoms with Crippen molar-refractivity contribution in [3.05, 3.63) is 69.2 Å². The molecule has 0 radical (unpaired) electrons. The molecule has 0 fully saturated rings. The maximum Gasteiger partial charge on any atom is 0.216 e. The molecule has 0 saturated heterocycles. The number of sulfonamides is 1. The number of rotatable bonds is 5. The summed E-state index contributed by atoms with van der Waals surface area (Å²) < 4.78 is 26.9. The van der Waals surface area contributed by atoms with E-state index < -0.39 is 10.0 Å². The molecule has 112 valence electrons. The van der Waals surface area contributed by atoms with Gasteiger partial charge in [0.05, 0.1) is 5.75 Å². The molecule has 0 unspecified atom stereocenters. The molecule has 0 aliphatic heterocycles. The van der Waals surface area contributed by atoms with Crippen LogP contribution in [0.2, 0.25) is 10.0 Å². The van der Waals surface area contributed by atoms with E-state index in [9.17, 15) is 8.42 Å². The van der Waals surface area contributed by atoms with E-state index >= 15 is 0 Å². The summed E-state index contributed by atoms with van der Waals surface area (Å²) in [7, 11) is -3.51. The third-order valence-corrected chi connectivity index (χ3v) is 5.10. The minimum absolute atomic E-state index is 0.239. The van der Waals surface area contributed by atoms with Crippen molar-refractivity contribution in [2.45, 2.75) is 19.2 Å². The highest BCUT2D eigenvalue weighted by atomic mass is 35.5. The van der Waals surface area contributed by atoms with Crippen LogP contribution in [0.1, 0.15) is 16.7 Å².